The van der Waals surface area contributed by atoms with Crippen LogP contribution in [-0.4, -0.2) is 132 Å². The van der Waals surface area contributed by atoms with Crippen molar-refractivity contribution in [1.82, 2.24) is 59.0 Å². The number of methoxy groups -OCH3 is 1. The molecule has 0 spiro atoms. The minimum Gasteiger partial charge on any atom is -0.382 e. The van der Waals surface area contributed by atoms with E-state index >= 15 is 0 Å². The molecular weight excluding hydrogens is 692 g/mol. The Morgan fingerprint density at radius 1 is 0.778 bits per heavy atom. The Kier molecular flexibility index (Phi) is 10.1. The number of ether oxygens (including phenoxy) is 3. The molecule has 2 aliphatic heterocycles. The molecular formula is C35H44N16O3. The third kappa shape index (κ3) is 6.92. The van der Waals surface area contributed by atoms with Crippen LogP contribution in [0.4, 0.5) is 23.8 Å². The first-order valence-electron chi connectivity index (χ1n) is 18.2. The largest absolute Gasteiger partial charge is 0.382 e. The van der Waals surface area contributed by atoms with Gasteiger partial charge in [0.15, 0.2) is 11.3 Å². The van der Waals surface area contributed by atoms with Crippen LogP contribution in [0.5, 0.6) is 0 Å². The average Bonchev–Trinajstić information content (AvgIpc) is 3.85. The minimum atomic E-state index is -0.228. The summed E-state index contributed by atoms with van der Waals surface area (Å²) in [6.45, 7) is 12.3. The molecule has 3 N–H and O–H groups in total. The van der Waals surface area contributed by atoms with Gasteiger partial charge in [0.05, 0.1) is 57.4 Å². The van der Waals surface area contributed by atoms with Crippen LogP contribution in [0.3, 0.4) is 0 Å². The van der Waals surface area contributed by atoms with E-state index < -0.39 is 0 Å². The van der Waals surface area contributed by atoms with Gasteiger partial charge in [-0.25, -0.2) is 39.9 Å². The number of aromatic nitrogens is 12. The van der Waals surface area contributed by atoms with Gasteiger partial charge in [-0.05, 0) is 20.3 Å². The molecule has 0 saturated carbocycles. The van der Waals surface area contributed by atoms with Crippen molar-refractivity contribution in [1.29, 1.82) is 0 Å². The van der Waals surface area contributed by atoms with Crippen molar-refractivity contribution in [3.63, 3.8) is 0 Å². The van der Waals surface area contributed by atoms with Crippen molar-refractivity contribution in [3.05, 3.63) is 36.9 Å². The Bertz CT molecular complexity index is 2230. The molecule has 0 aliphatic carbocycles. The summed E-state index contributed by atoms with van der Waals surface area (Å²) >= 11 is 0. The van der Waals surface area contributed by atoms with E-state index in [1.165, 1.54) is 0 Å². The van der Waals surface area contributed by atoms with E-state index in [4.69, 9.17) is 59.8 Å². The third-order valence-electron chi connectivity index (χ3n) is 9.90. The van der Waals surface area contributed by atoms with E-state index in [2.05, 4.69) is 43.5 Å². The number of hydrogen-bond donors (Lipinski definition) is 2. The first kappa shape index (κ1) is 35.4. The fourth-order valence-electron chi connectivity index (χ4n) is 6.68. The van der Waals surface area contributed by atoms with E-state index in [0.29, 0.717) is 112 Å². The van der Waals surface area contributed by atoms with Gasteiger partial charge in [0, 0.05) is 75.6 Å². The van der Waals surface area contributed by atoms with Gasteiger partial charge in [0.1, 0.15) is 22.4 Å². The predicted octanol–water partition coefficient (Wildman–Crippen LogP) is 2.71. The molecule has 8 heterocycles. The average molecular weight is 737 g/mol. The molecule has 2 aliphatic rings. The summed E-state index contributed by atoms with van der Waals surface area (Å²) in [5.74, 6) is 1.87. The molecule has 19 nitrogen and oxygen atoms in total. The van der Waals surface area contributed by atoms with Crippen molar-refractivity contribution >= 4 is 46.1 Å². The zero-order chi connectivity index (χ0) is 37.2. The summed E-state index contributed by atoms with van der Waals surface area (Å²) in [5.41, 5.74) is 12.1. The first-order chi connectivity index (χ1) is 26.4. The van der Waals surface area contributed by atoms with E-state index in [0.717, 1.165) is 28.8 Å². The summed E-state index contributed by atoms with van der Waals surface area (Å²) in [6.07, 6.45) is 9.66. The number of nitrogen functional groups attached to an aromatic ring is 1. The van der Waals surface area contributed by atoms with E-state index in [9.17, 15) is 0 Å². The second-order valence-corrected chi connectivity index (χ2v) is 13.4. The Morgan fingerprint density at radius 3 is 1.98 bits per heavy atom. The Balaban J connectivity index is 1.10. The molecule has 2 atom stereocenters. The van der Waals surface area contributed by atoms with Gasteiger partial charge >= 0.3 is 0 Å². The lowest BCUT2D eigenvalue weighted by molar-refractivity contribution is 0.122. The van der Waals surface area contributed by atoms with Crippen molar-refractivity contribution < 1.29 is 14.2 Å². The highest BCUT2D eigenvalue weighted by atomic mass is 16.5. The molecule has 8 rings (SSSR count). The highest BCUT2D eigenvalue weighted by Gasteiger charge is 2.25. The monoisotopic (exact) mass is 736 g/mol. The number of rotatable bonds is 12. The highest BCUT2D eigenvalue weighted by Crippen LogP contribution is 2.32. The fraction of sp³-hybridized carbons (Fsp3) is 0.486. The zero-order valence-electron chi connectivity index (χ0n) is 30.9. The third-order valence-corrected chi connectivity index (χ3v) is 9.90. The number of aryl methyl sites for hydroxylation is 1. The van der Waals surface area contributed by atoms with Crippen LogP contribution in [0, 0.1) is 6.92 Å². The zero-order valence-corrected chi connectivity index (χ0v) is 30.9. The van der Waals surface area contributed by atoms with Gasteiger partial charge in [-0.3, -0.25) is 0 Å². The number of morpholine rings is 2. The van der Waals surface area contributed by atoms with Crippen molar-refractivity contribution in [3.8, 4) is 22.5 Å². The normalized spacial score (nSPS) is 16.3. The van der Waals surface area contributed by atoms with Crippen LogP contribution in [0.1, 0.15) is 38.0 Å². The molecule has 0 radical (unpaired) electrons. The van der Waals surface area contributed by atoms with E-state index in [-0.39, 0.29) is 18.0 Å². The number of anilines is 4. The molecule has 0 amide bonds. The maximum atomic E-state index is 5.80. The van der Waals surface area contributed by atoms with Gasteiger partial charge < -0.3 is 44.2 Å². The topological polar surface area (TPSA) is 211 Å². The van der Waals surface area contributed by atoms with Crippen LogP contribution in [0.25, 0.3) is 44.8 Å². The number of imidazole rings is 2. The second kappa shape index (κ2) is 15.4. The van der Waals surface area contributed by atoms with Crippen LogP contribution < -0.4 is 20.9 Å². The summed E-state index contributed by atoms with van der Waals surface area (Å²) in [4.78, 5) is 51.8. The summed E-state index contributed by atoms with van der Waals surface area (Å²) < 4.78 is 21.0. The van der Waals surface area contributed by atoms with Crippen LogP contribution in [-0.2, 0) is 14.2 Å². The summed E-state index contributed by atoms with van der Waals surface area (Å²) in [6, 6.07) is -0.00348. The van der Waals surface area contributed by atoms with E-state index in [1.54, 1.807) is 32.0 Å². The molecule has 6 aromatic heterocycles. The molecule has 2 unspecified atom stereocenters. The van der Waals surface area contributed by atoms with Crippen molar-refractivity contribution in [2.24, 2.45) is 0 Å². The van der Waals surface area contributed by atoms with Crippen LogP contribution in [0.15, 0.2) is 31.2 Å². The second-order valence-electron chi connectivity index (χ2n) is 13.4. The summed E-state index contributed by atoms with van der Waals surface area (Å²) in [5, 5.41) is 3.43. The SMILES string of the molecule is CCC(C)n1cnc2c(-c3cnc(NCC(COC)n4cnc5c(-c6cnc(N)nc6)nc(N6CCOCC6)nc54)nc3C)nc(N3CCOCC3)nc21. The quantitative estimate of drug-likeness (QED) is 0.185. The number of hydrogen-bond acceptors (Lipinski definition) is 17. The Hall–Kier alpha value is -5.66. The first-order valence-corrected chi connectivity index (χ1v) is 18.2. The van der Waals surface area contributed by atoms with Gasteiger partial charge in [0.25, 0.3) is 0 Å². The molecule has 19 heteroatoms. The maximum absolute atomic E-state index is 5.80. The number of fused-ring (bicyclic) bond motifs is 2. The molecule has 2 saturated heterocycles. The van der Waals surface area contributed by atoms with Crippen molar-refractivity contribution in [2.45, 2.75) is 39.3 Å². The molecule has 2 fully saturated rings. The lowest BCUT2D eigenvalue weighted by atomic mass is 10.1. The van der Waals surface area contributed by atoms with E-state index in [1.807, 2.05) is 17.8 Å². The molecule has 0 aromatic carbocycles. The predicted molar refractivity (Wildman–Crippen MR) is 202 cm³/mol. The lowest BCUT2D eigenvalue weighted by Gasteiger charge is -2.27. The number of nitrogens with two attached hydrogens (primary N) is 1. The Labute approximate surface area is 311 Å². The number of nitrogens with one attached hydrogen (secondary N) is 1. The smallest absolute Gasteiger partial charge is 0.228 e. The Morgan fingerprint density at radius 2 is 1.37 bits per heavy atom. The van der Waals surface area contributed by atoms with Gasteiger partial charge in [-0.2, -0.15) is 9.97 Å². The molecule has 282 valence electrons. The highest BCUT2D eigenvalue weighted by molar-refractivity contribution is 5.90. The molecule has 0 bridgehead atoms. The van der Waals surface area contributed by atoms with Crippen molar-refractivity contribution in [2.75, 3.05) is 93.7 Å². The maximum Gasteiger partial charge on any atom is 0.228 e. The fourth-order valence-corrected chi connectivity index (χ4v) is 6.68. The lowest BCUT2D eigenvalue weighted by Crippen LogP contribution is -2.37. The van der Waals surface area contributed by atoms with Gasteiger partial charge in [-0.1, -0.05) is 6.92 Å². The standard InChI is InChI=1S/C35H44N16O3/c1-5-21(2)50-19-41-29-27(45-35(46-30(29)50)49-8-12-54-13-9-49)25-17-40-33(43-22(25)3)39-16-24(18-52-4)51-20-42-28-26(23-14-37-32(36)38-15-23)44-34(47-31(28)51)48-6-10-53-11-7-48/h14-15,17,19-21,24H,5-13,16,18H2,1-4H3,(H2,36,37,38)(H,39,40,43). The molecule has 6 aromatic rings. The van der Waals surface area contributed by atoms with Crippen LogP contribution >= 0.6 is 0 Å². The minimum absolute atomic E-state index is 0.181. The molecule has 54 heavy (non-hydrogen) atoms. The van der Waals surface area contributed by atoms with Gasteiger partial charge in [0.2, 0.25) is 23.8 Å². The number of nitrogens with zero attached hydrogens (tertiary/aromatic N) is 14. The van der Waals surface area contributed by atoms with Crippen LogP contribution in [0.2, 0.25) is 0 Å². The summed E-state index contributed by atoms with van der Waals surface area (Å²) in [7, 11) is 1.67. The van der Waals surface area contributed by atoms with Gasteiger partial charge in [-0.15, -0.1) is 0 Å².